The van der Waals surface area contributed by atoms with Crippen LogP contribution in [0.25, 0.3) is 11.0 Å². The number of nitrogens with zero attached hydrogens (tertiary/aromatic N) is 3. The Morgan fingerprint density at radius 1 is 1.03 bits per heavy atom. The minimum Gasteiger partial charge on any atom is -0.326 e. The van der Waals surface area contributed by atoms with Gasteiger partial charge < -0.3 is 4.90 Å². The van der Waals surface area contributed by atoms with E-state index in [1.165, 1.54) is 24.3 Å². The Morgan fingerprint density at radius 2 is 1.62 bits per heavy atom. The number of alkyl halides is 2. The topological polar surface area (TPSA) is 92.3 Å². The summed E-state index contributed by atoms with van der Waals surface area (Å²) in [5.74, 6) is -3.59. The second-order valence-corrected chi connectivity index (χ2v) is 8.54. The fraction of sp³-hybridized carbons (Fsp3) is 0.167. The number of nitrogens with one attached hydrogen (secondary N) is 1. The number of para-hydroxylation sites is 2. The minimum atomic E-state index is -4.06. The Bertz CT molecular complexity index is 1210. The monoisotopic (exact) mass is 438 g/mol. The van der Waals surface area contributed by atoms with Crippen LogP contribution < -0.4 is 4.72 Å². The van der Waals surface area contributed by atoms with Crippen LogP contribution >= 0.6 is 11.6 Å². The quantitative estimate of drug-likeness (QED) is 0.675. The van der Waals surface area contributed by atoms with E-state index < -0.39 is 34.9 Å². The van der Waals surface area contributed by atoms with E-state index in [1.54, 1.807) is 24.3 Å². The highest BCUT2D eigenvalue weighted by molar-refractivity contribution is 7.92. The zero-order chi connectivity index (χ0) is 20.8. The molecule has 1 N–H and O–H groups in total. The number of hydrogen-bond donors (Lipinski definition) is 1. The van der Waals surface area contributed by atoms with Crippen LogP contribution in [0.3, 0.4) is 0 Å². The molecule has 0 atom stereocenters. The fourth-order valence-electron chi connectivity index (χ4n) is 2.84. The second kappa shape index (κ2) is 6.89. The third-order valence-corrected chi connectivity index (χ3v) is 5.92. The molecule has 1 aliphatic heterocycles. The van der Waals surface area contributed by atoms with Gasteiger partial charge in [-0.25, -0.2) is 27.2 Å². The number of likely N-dealkylation sites (tertiary alicyclic amines) is 1. The lowest BCUT2D eigenvalue weighted by Crippen LogP contribution is -2.58. The van der Waals surface area contributed by atoms with Crippen molar-refractivity contribution in [3.63, 3.8) is 0 Å². The maximum absolute atomic E-state index is 12.9. The van der Waals surface area contributed by atoms with E-state index in [0.29, 0.717) is 11.0 Å². The normalized spacial score (nSPS) is 15.8. The van der Waals surface area contributed by atoms with Crippen molar-refractivity contribution in [3.8, 4) is 0 Å². The van der Waals surface area contributed by atoms with E-state index >= 15 is 0 Å². The molecule has 2 heterocycles. The number of carbonyl (C=O) groups excluding carboxylic acids is 1. The molecular weight excluding hydrogens is 426 g/mol. The third-order valence-electron chi connectivity index (χ3n) is 4.30. The Hall–Kier alpha value is -2.85. The molecule has 3 aromatic rings. The summed E-state index contributed by atoms with van der Waals surface area (Å²) in [5, 5.41) is -0.113. The van der Waals surface area contributed by atoms with Gasteiger partial charge in [0.05, 0.1) is 29.0 Å². The smallest absolute Gasteiger partial charge is 0.282 e. The molecule has 0 radical (unpaired) electrons. The van der Waals surface area contributed by atoms with Crippen molar-refractivity contribution in [1.29, 1.82) is 0 Å². The van der Waals surface area contributed by atoms with Gasteiger partial charge in [0.2, 0.25) is 0 Å². The fourth-order valence-corrected chi connectivity index (χ4v) is 4.09. The number of benzene rings is 2. The Morgan fingerprint density at radius 3 is 2.21 bits per heavy atom. The van der Waals surface area contributed by atoms with E-state index in [2.05, 4.69) is 14.7 Å². The van der Waals surface area contributed by atoms with Crippen LogP contribution in [0, 0.1) is 0 Å². The molecule has 1 saturated heterocycles. The summed E-state index contributed by atoms with van der Waals surface area (Å²) in [6, 6.07) is 11.8. The molecule has 1 aromatic heterocycles. The van der Waals surface area contributed by atoms with Crippen molar-refractivity contribution in [2.24, 2.45) is 0 Å². The summed E-state index contributed by atoms with van der Waals surface area (Å²) in [6.07, 6.45) is 0. The van der Waals surface area contributed by atoms with Crippen molar-refractivity contribution in [3.05, 3.63) is 59.2 Å². The summed E-state index contributed by atoms with van der Waals surface area (Å²) < 4.78 is 53.4. The molecule has 0 spiro atoms. The van der Waals surface area contributed by atoms with Crippen LogP contribution in [0.4, 0.5) is 14.6 Å². The van der Waals surface area contributed by atoms with E-state index in [1.807, 2.05) is 0 Å². The first-order valence-electron chi connectivity index (χ1n) is 8.37. The van der Waals surface area contributed by atoms with Gasteiger partial charge in [-0.2, -0.15) is 0 Å². The van der Waals surface area contributed by atoms with E-state index in [9.17, 15) is 22.0 Å². The summed E-state index contributed by atoms with van der Waals surface area (Å²) in [4.78, 5) is 21.2. The predicted molar refractivity (Wildman–Crippen MR) is 103 cm³/mol. The van der Waals surface area contributed by atoms with Gasteiger partial charge in [-0.1, -0.05) is 23.7 Å². The number of amides is 1. The maximum atomic E-state index is 12.9. The summed E-state index contributed by atoms with van der Waals surface area (Å²) in [6.45, 7) is -1.29. The van der Waals surface area contributed by atoms with Crippen LogP contribution in [0.2, 0.25) is 5.15 Å². The largest absolute Gasteiger partial charge is 0.326 e. The molecule has 7 nitrogen and oxygen atoms in total. The van der Waals surface area contributed by atoms with Gasteiger partial charge in [0.25, 0.3) is 21.9 Å². The predicted octanol–water partition coefficient (Wildman–Crippen LogP) is 3.18. The molecule has 1 amide bonds. The Kier molecular flexibility index (Phi) is 4.62. The lowest BCUT2D eigenvalue weighted by atomic mass is 10.1. The highest BCUT2D eigenvalue weighted by atomic mass is 35.5. The SMILES string of the molecule is O=C(c1ccc(S(=O)(=O)Nc2nc3ccccc3nc2Cl)cc1)N1CC(F)(F)C1. The van der Waals surface area contributed by atoms with Crippen LogP contribution in [0.15, 0.2) is 53.4 Å². The van der Waals surface area contributed by atoms with Crippen molar-refractivity contribution in [2.45, 2.75) is 10.8 Å². The van der Waals surface area contributed by atoms with Gasteiger partial charge in [0.15, 0.2) is 11.0 Å². The van der Waals surface area contributed by atoms with E-state index in [-0.39, 0.29) is 21.4 Å². The maximum Gasteiger partial charge on any atom is 0.282 e. The molecule has 150 valence electrons. The molecule has 11 heteroatoms. The van der Waals surface area contributed by atoms with Crippen LogP contribution in [0.1, 0.15) is 10.4 Å². The molecule has 29 heavy (non-hydrogen) atoms. The van der Waals surface area contributed by atoms with Gasteiger partial charge in [-0.3, -0.25) is 9.52 Å². The first-order valence-corrected chi connectivity index (χ1v) is 10.2. The van der Waals surface area contributed by atoms with Crippen molar-refractivity contribution in [2.75, 3.05) is 17.8 Å². The lowest BCUT2D eigenvalue weighted by Gasteiger charge is -2.38. The van der Waals surface area contributed by atoms with Gasteiger partial charge in [-0.05, 0) is 36.4 Å². The molecule has 1 aliphatic rings. The number of rotatable bonds is 4. The number of sulfonamides is 1. The van der Waals surface area contributed by atoms with Gasteiger partial charge in [0, 0.05) is 5.56 Å². The molecule has 0 bridgehead atoms. The Labute approximate surface area is 169 Å². The second-order valence-electron chi connectivity index (χ2n) is 6.50. The zero-order valence-corrected chi connectivity index (χ0v) is 16.2. The van der Waals surface area contributed by atoms with Crippen LogP contribution in [-0.2, 0) is 10.0 Å². The first-order chi connectivity index (χ1) is 13.6. The number of carbonyl (C=O) groups is 1. The average molecular weight is 439 g/mol. The Balaban J connectivity index is 1.55. The van der Waals surface area contributed by atoms with E-state index in [0.717, 1.165) is 4.90 Å². The molecule has 4 rings (SSSR count). The summed E-state index contributed by atoms with van der Waals surface area (Å²) in [5.41, 5.74) is 1.09. The highest BCUT2D eigenvalue weighted by Gasteiger charge is 2.46. The average Bonchev–Trinajstić information content (AvgIpc) is 2.66. The molecular formula is C18H13ClF2N4O3S. The third kappa shape index (κ3) is 3.85. The minimum absolute atomic E-state index is 0.113. The van der Waals surface area contributed by atoms with Gasteiger partial charge in [-0.15, -0.1) is 0 Å². The number of aromatic nitrogens is 2. The van der Waals surface area contributed by atoms with E-state index in [4.69, 9.17) is 11.6 Å². The van der Waals surface area contributed by atoms with Crippen molar-refractivity contribution < 1.29 is 22.0 Å². The molecule has 0 unspecified atom stereocenters. The highest BCUT2D eigenvalue weighted by Crippen LogP contribution is 2.28. The first kappa shape index (κ1) is 19.5. The van der Waals surface area contributed by atoms with Crippen molar-refractivity contribution in [1.82, 2.24) is 14.9 Å². The number of anilines is 1. The lowest BCUT2D eigenvalue weighted by molar-refractivity contribution is -0.113. The number of halogens is 3. The molecule has 0 aliphatic carbocycles. The van der Waals surface area contributed by atoms with Gasteiger partial charge >= 0.3 is 0 Å². The van der Waals surface area contributed by atoms with Crippen LogP contribution in [0.5, 0.6) is 0 Å². The number of fused-ring (bicyclic) bond motifs is 1. The zero-order valence-electron chi connectivity index (χ0n) is 14.6. The van der Waals surface area contributed by atoms with Crippen LogP contribution in [-0.4, -0.2) is 48.2 Å². The molecule has 1 fully saturated rings. The molecule has 0 saturated carbocycles. The molecule has 2 aromatic carbocycles. The summed E-state index contributed by atoms with van der Waals surface area (Å²) >= 11 is 6.03. The van der Waals surface area contributed by atoms with Gasteiger partial charge in [0.1, 0.15) is 0 Å². The standard InChI is InChI=1S/C18H13ClF2N4O3S/c19-15-16(23-14-4-2-1-3-13(14)22-15)24-29(27,28)12-7-5-11(6-8-12)17(26)25-9-18(20,21)10-25/h1-8H,9-10H2,(H,23,24). The summed E-state index contributed by atoms with van der Waals surface area (Å²) in [7, 11) is -4.06. The van der Waals surface area contributed by atoms with Crippen molar-refractivity contribution >= 4 is 44.4 Å². The number of hydrogen-bond acceptors (Lipinski definition) is 5.